The van der Waals surface area contributed by atoms with Gasteiger partial charge in [0.15, 0.2) is 5.79 Å². The number of rotatable bonds is 17. The molecule has 0 heterocycles. The standard InChI is InChI=1S/C21H44O2/c1-6-11-13-14-15-16-18-20(17-12-7-2)21(19-8-3,22-9-4)23-10-5/h20H,6-19H2,1-5H3. The van der Waals surface area contributed by atoms with E-state index in [0.29, 0.717) is 5.92 Å². The highest BCUT2D eigenvalue weighted by Crippen LogP contribution is 2.36. The quantitative estimate of drug-likeness (QED) is 0.209. The molecular formula is C21H44O2. The zero-order valence-electron chi connectivity index (χ0n) is 16.8. The molecule has 0 aliphatic carbocycles. The van der Waals surface area contributed by atoms with E-state index < -0.39 is 0 Å². The summed E-state index contributed by atoms with van der Waals surface area (Å²) < 4.78 is 12.5. The number of unbranched alkanes of at least 4 members (excludes halogenated alkanes) is 6. The van der Waals surface area contributed by atoms with E-state index in [0.717, 1.165) is 26.1 Å². The Labute approximate surface area is 146 Å². The van der Waals surface area contributed by atoms with Crippen LogP contribution in [0.3, 0.4) is 0 Å². The van der Waals surface area contributed by atoms with E-state index in [1.807, 2.05) is 0 Å². The Bertz CT molecular complexity index is 223. The van der Waals surface area contributed by atoms with Gasteiger partial charge in [0, 0.05) is 25.6 Å². The molecule has 0 spiro atoms. The number of hydrogen-bond donors (Lipinski definition) is 0. The molecule has 0 saturated heterocycles. The van der Waals surface area contributed by atoms with Crippen LogP contribution in [0.4, 0.5) is 0 Å². The van der Waals surface area contributed by atoms with Crippen molar-refractivity contribution in [3.8, 4) is 0 Å². The van der Waals surface area contributed by atoms with Gasteiger partial charge in [-0.1, -0.05) is 78.6 Å². The summed E-state index contributed by atoms with van der Waals surface area (Å²) in [4.78, 5) is 0. The van der Waals surface area contributed by atoms with Crippen molar-refractivity contribution in [2.24, 2.45) is 5.92 Å². The highest BCUT2D eigenvalue weighted by Gasteiger charge is 2.38. The second-order valence-electron chi connectivity index (χ2n) is 6.82. The van der Waals surface area contributed by atoms with E-state index >= 15 is 0 Å². The Balaban J connectivity index is 4.68. The molecule has 23 heavy (non-hydrogen) atoms. The van der Waals surface area contributed by atoms with Crippen LogP contribution in [0.1, 0.15) is 112 Å². The van der Waals surface area contributed by atoms with Crippen LogP contribution in [0, 0.1) is 5.92 Å². The molecular weight excluding hydrogens is 284 g/mol. The van der Waals surface area contributed by atoms with Crippen LogP contribution >= 0.6 is 0 Å². The maximum absolute atomic E-state index is 6.24. The van der Waals surface area contributed by atoms with Crippen LogP contribution in [0.25, 0.3) is 0 Å². The average Bonchev–Trinajstić information content (AvgIpc) is 2.54. The molecule has 0 radical (unpaired) electrons. The average molecular weight is 329 g/mol. The molecule has 0 fully saturated rings. The lowest BCUT2D eigenvalue weighted by Crippen LogP contribution is -2.44. The first-order chi connectivity index (χ1) is 11.2. The van der Waals surface area contributed by atoms with Gasteiger partial charge in [-0.25, -0.2) is 0 Å². The van der Waals surface area contributed by atoms with Gasteiger partial charge in [-0.2, -0.15) is 0 Å². The molecule has 0 N–H and O–H groups in total. The summed E-state index contributed by atoms with van der Waals surface area (Å²) in [5.74, 6) is 0.213. The Hall–Kier alpha value is -0.0800. The smallest absolute Gasteiger partial charge is 0.170 e. The topological polar surface area (TPSA) is 18.5 Å². The van der Waals surface area contributed by atoms with Crippen LogP contribution in [-0.4, -0.2) is 19.0 Å². The van der Waals surface area contributed by atoms with Gasteiger partial charge < -0.3 is 9.47 Å². The van der Waals surface area contributed by atoms with Crippen LogP contribution in [0.5, 0.6) is 0 Å². The van der Waals surface area contributed by atoms with E-state index in [9.17, 15) is 0 Å². The Morgan fingerprint density at radius 2 is 1.13 bits per heavy atom. The van der Waals surface area contributed by atoms with E-state index in [1.54, 1.807) is 0 Å². The third-order valence-corrected chi connectivity index (χ3v) is 4.81. The molecule has 0 aromatic heterocycles. The van der Waals surface area contributed by atoms with Crippen molar-refractivity contribution in [2.45, 2.75) is 117 Å². The first-order valence-corrected chi connectivity index (χ1v) is 10.5. The fraction of sp³-hybridized carbons (Fsp3) is 1.00. The van der Waals surface area contributed by atoms with Crippen molar-refractivity contribution in [1.82, 2.24) is 0 Å². The molecule has 0 saturated carbocycles. The van der Waals surface area contributed by atoms with Crippen LogP contribution < -0.4 is 0 Å². The Kier molecular flexibility index (Phi) is 15.4. The lowest BCUT2D eigenvalue weighted by molar-refractivity contribution is -0.270. The van der Waals surface area contributed by atoms with Gasteiger partial charge in [0.25, 0.3) is 0 Å². The van der Waals surface area contributed by atoms with E-state index in [2.05, 4.69) is 34.6 Å². The van der Waals surface area contributed by atoms with E-state index in [-0.39, 0.29) is 5.79 Å². The first-order valence-electron chi connectivity index (χ1n) is 10.5. The van der Waals surface area contributed by atoms with Gasteiger partial charge >= 0.3 is 0 Å². The summed E-state index contributed by atoms with van der Waals surface area (Å²) in [5.41, 5.74) is 0. The fourth-order valence-electron chi connectivity index (χ4n) is 3.67. The summed E-state index contributed by atoms with van der Waals surface area (Å²) >= 11 is 0. The van der Waals surface area contributed by atoms with Crippen LogP contribution in [0.2, 0.25) is 0 Å². The van der Waals surface area contributed by atoms with E-state index in [1.165, 1.54) is 64.2 Å². The lowest BCUT2D eigenvalue weighted by Gasteiger charge is -2.40. The van der Waals surface area contributed by atoms with Crippen molar-refractivity contribution >= 4 is 0 Å². The van der Waals surface area contributed by atoms with Crippen LogP contribution in [0.15, 0.2) is 0 Å². The molecule has 0 aromatic rings. The van der Waals surface area contributed by atoms with Gasteiger partial charge in [0.1, 0.15) is 0 Å². The first kappa shape index (κ1) is 22.9. The number of ether oxygens (including phenoxy) is 2. The predicted molar refractivity (Wildman–Crippen MR) is 102 cm³/mol. The predicted octanol–water partition coefficient (Wildman–Crippen LogP) is 7.11. The van der Waals surface area contributed by atoms with Crippen molar-refractivity contribution in [1.29, 1.82) is 0 Å². The monoisotopic (exact) mass is 328 g/mol. The fourth-order valence-corrected chi connectivity index (χ4v) is 3.67. The van der Waals surface area contributed by atoms with Gasteiger partial charge in [-0.05, 0) is 26.7 Å². The van der Waals surface area contributed by atoms with Crippen molar-refractivity contribution in [3.05, 3.63) is 0 Å². The Morgan fingerprint density at radius 1 is 0.609 bits per heavy atom. The lowest BCUT2D eigenvalue weighted by atomic mass is 9.84. The van der Waals surface area contributed by atoms with Gasteiger partial charge in [-0.15, -0.1) is 0 Å². The summed E-state index contributed by atoms with van der Waals surface area (Å²) in [7, 11) is 0. The zero-order chi connectivity index (χ0) is 17.4. The molecule has 0 aliphatic heterocycles. The normalized spacial score (nSPS) is 13.4. The summed E-state index contributed by atoms with van der Waals surface area (Å²) in [6, 6.07) is 0. The Morgan fingerprint density at radius 3 is 1.65 bits per heavy atom. The minimum Gasteiger partial charge on any atom is -0.350 e. The molecule has 0 amide bonds. The second kappa shape index (κ2) is 15.4. The van der Waals surface area contributed by atoms with Crippen molar-refractivity contribution < 1.29 is 9.47 Å². The van der Waals surface area contributed by atoms with Gasteiger partial charge in [-0.3, -0.25) is 0 Å². The SMILES string of the molecule is CCCCCCCCC(CCCC)C(CCC)(OCC)OCC. The molecule has 0 rings (SSSR count). The van der Waals surface area contributed by atoms with Gasteiger partial charge in [0.2, 0.25) is 0 Å². The minimum atomic E-state index is -0.336. The minimum absolute atomic E-state index is 0.336. The second-order valence-corrected chi connectivity index (χ2v) is 6.82. The molecule has 1 unspecified atom stereocenters. The van der Waals surface area contributed by atoms with E-state index in [4.69, 9.17) is 9.47 Å². The molecule has 2 nitrogen and oxygen atoms in total. The van der Waals surface area contributed by atoms with Crippen molar-refractivity contribution in [2.75, 3.05) is 13.2 Å². The molecule has 1 atom stereocenters. The van der Waals surface area contributed by atoms with Crippen molar-refractivity contribution in [3.63, 3.8) is 0 Å². The maximum atomic E-state index is 6.24. The number of hydrogen-bond acceptors (Lipinski definition) is 2. The van der Waals surface area contributed by atoms with Gasteiger partial charge in [0.05, 0.1) is 0 Å². The molecule has 2 heteroatoms. The molecule has 0 aliphatic rings. The van der Waals surface area contributed by atoms with Crippen LogP contribution in [-0.2, 0) is 9.47 Å². The zero-order valence-corrected chi connectivity index (χ0v) is 16.8. The summed E-state index contributed by atoms with van der Waals surface area (Å²) in [5, 5.41) is 0. The third-order valence-electron chi connectivity index (χ3n) is 4.81. The highest BCUT2D eigenvalue weighted by atomic mass is 16.7. The summed E-state index contributed by atoms with van der Waals surface area (Å²) in [6.07, 6.45) is 15.4. The molecule has 0 bridgehead atoms. The maximum Gasteiger partial charge on any atom is 0.170 e. The largest absolute Gasteiger partial charge is 0.350 e. The molecule has 140 valence electrons. The summed E-state index contributed by atoms with van der Waals surface area (Å²) in [6.45, 7) is 12.5. The third kappa shape index (κ3) is 9.72. The highest BCUT2D eigenvalue weighted by molar-refractivity contribution is 4.80. The molecule has 0 aromatic carbocycles.